The van der Waals surface area contributed by atoms with Crippen LogP contribution in [0.3, 0.4) is 0 Å². The molecular formula is C26H32N4O4. The number of hydrogen-bond acceptors (Lipinski definition) is 6. The van der Waals surface area contributed by atoms with Gasteiger partial charge in [-0.05, 0) is 37.3 Å². The van der Waals surface area contributed by atoms with Crippen LogP contribution in [0.4, 0.5) is 11.4 Å². The van der Waals surface area contributed by atoms with Crippen molar-refractivity contribution < 1.29 is 19.1 Å². The van der Waals surface area contributed by atoms with Gasteiger partial charge in [0, 0.05) is 25.1 Å². The van der Waals surface area contributed by atoms with Gasteiger partial charge < -0.3 is 24.7 Å². The minimum Gasteiger partial charge on any atom is -0.464 e. The predicted octanol–water partition coefficient (Wildman–Crippen LogP) is 4.25. The van der Waals surface area contributed by atoms with E-state index in [-0.39, 0.29) is 11.8 Å². The van der Waals surface area contributed by atoms with Crippen molar-refractivity contribution in [2.45, 2.75) is 39.2 Å². The van der Waals surface area contributed by atoms with Crippen LogP contribution in [0.25, 0.3) is 11.0 Å². The average Bonchev–Trinajstić information content (AvgIpc) is 3.50. The second kappa shape index (κ2) is 11.2. The van der Waals surface area contributed by atoms with Gasteiger partial charge >= 0.3 is 5.97 Å². The Hall–Kier alpha value is -3.39. The summed E-state index contributed by atoms with van der Waals surface area (Å²) in [6.45, 7) is 4.41. The third-order valence-electron chi connectivity index (χ3n) is 6.09. The summed E-state index contributed by atoms with van der Waals surface area (Å²) in [5, 5.41) is 7.07. The monoisotopic (exact) mass is 464 g/mol. The Morgan fingerprint density at radius 2 is 2.09 bits per heavy atom. The number of fused-ring (bicyclic) bond motifs is 1. The van der Waals surface area contributed by atoms with E-state index in [2.05, 4.69) is 34.7 Å². The van der Waals surface area contributed by atoms with Gasteiger partial charge in [0.2, 0.25) is 5.91 Å². The molecule has 0 radical (unpaired) electrons. The number of carbonyl (C=O) groups is 2. The lowest BCUT2D eigenvalue weighted by Gasteiger charge is -2.12. The van der Waals surface area contributed by atoms with E-state index in [1.54, 1.807) is 6.20 Å². The number of ether oxygens (including phenoxy) is 2. The zero-order chi connectivity index (χ0) is 23.9. The van der Waals surface area contributed by atoms with E-state index in [1.807, 2.05) is 28.8 Å². The summed E-state index contributed by atoms with van der Waals surface area (Å²) in [6.07, 6.45) is 5.06. The largest absolute Gasteiger partial charge is 0.464 e. The molecule has 0 aliphatic carbocycles. The molecule has 8 heteroatoms. The lowest BCUT2D eigenvalue weighted by atomic mass is 10.1. The Morgan fingerprint density at radius 1 is 1.26 bits per heavy atom. The van der Waals surface area contributed by atoms with Crippen molar-refractivity contribution in [3.63, 3.8) is 0 Å². The van der Waals surface area contributed by atoms with E-state index in [4.69, 9.17) is 9.47 Å². The highest BCUT2D eigenvalue weighted by molar-refractivity contribution is 6.11. The Bertz CT molecular complexity index is 1140. The van der Waals surface area contributed by atoms with Gasteiger partial charge in [-0.3, -0.25) is 4.79 Å². The normalized spacial score (nSPS) is 15.4. The van der Waals surface area contributed by atoms with E-state index in [0.717, 1.165) is 31.5 Å². The molecule has 3 heterocycles. The topological polar surface area (TPSA) is 94.5 Å². The first kappa shape index (κ1) is 23.8. The van der Waals surface area contributed by atoms with Crippen LogP contribution in [-0.2, 0) is 27.2 Å². The van der Waals surface area contributed by atoms with Crippen molar-refractivity contribution in [3.05, 3.63) is 53.9 Å². The number of aromatic nitrogens is 2. The van der Waals surface area contributed by atoms with Crippen LogP contribution in [0.2, 0.25) is 0 Å². The minimum absolute atomic E-state index is 0.155. The number of amides is 1. The molecule has 0 unspecified atom stereocenters. The summed E-state index contributed by atoms with van der Waals surface area (Å²) in [5.41, 5.74) is 3.48. The lowest BCUT2D eigenvalue weighted by Crippen LogP contribution is -2.24. The number of anilines is 2. The quantitative estimate of drug-likeness (QED) is 0.436. The summed E-state index contributed by atoms with van der Waals surface area (Å²) in [5.74, 6) is -0.895. The second-order valence-corrected chi connectivity index (χ2v) is 8.53. The molecule has 1 aromatic carbocycles. The van der Waals surface area contributed by atoms with Crippen molar-refractivity contribution >= 4 is 34.3 Å². The van der Waals surface area contributed by atoms with E-state index in [1.165, 1.54) is 12.7 Å². The third kappa shape index (κ3) is 5.22. The number of rotatable bonds is 10. The van der Waals surface area contributed by atoms with Crippen molar-refractivity contribution in [2.75, 3.05) is 37.5 Å². The van der Waals surface area contributed by atoms with Gasteiger partial charge in [0.05, 0.1) is 37.2 Å². The molecule has 1 atom stereocenters. The molecule has 2 aromatic heterocycles. The van der Waals surface area contributed by atoms with Gasteiger partial charge in [-0.15, -0.1) is 0 Å². The zero-order valence-corrected chi connectivity index (χ0v) is 19.8. The maximum absolute atomic E-state index is 13.0. The number of hydrogen-bond donors (Lipinski definition) is 2. The van der Waals surface area contributed by atoms with E-state index >= 15 is 0 Å². The maximum atomic E-state index is 13.0. The Morgan fingerprint density at radius 3 is 2.79 bits per heavy atom. The fourth-order valence-corrected chi connectivity index (χ4v) is 4.30. The highest BCUT2D eigenvalue weighted by Crippen LogP contribution is 2.34. The summed E-state index contributed by atoms with van der Waals surface area (Å²) >= 11 is 0. The lowest BCUT2D eigenvalue weighted by molar-refractivity contribution is -0.119. The van der Waals surface area contributed by atoms with Crippen LogP contribution in [0, 0.1) is 5.92 Å². The number of nitrogens with zero attached hydrogens (tertiary/aromatic N) is 2. The van der Waals surface area contributed by atoms with Gasteiger partial charge in [0.1, 0.15) is 5.65 Å². The molecule has 0 spiro atoms. The van der Waals surface area contributed by atoms with Gasteiger partial charge in [-0.2, -0.15) is 0 Å². The van der Waals surface area contributed by atoms with Crippen LogP contribution >= 0.6 is 0 Å². The number of aryl methyl sites for hydroxylation is 2. The van der Waals surface area contributed by atoms with Crippen LogP contribution in [0.5, 0.6) is 0 Å². The molecule has 3 aromatic rings. The second-order valence-electron chi connectivity index (χ2n) is 8.53. The molecular weight excluding hydrogens is 432 g/mol. The molecule has 8 nitrogen and oxygen atoms in total. The molecule has 1 fully saturated rings. The molecule has 4 rings (SSSR count). The number of carbonyl (C=O) groups excluding carboxylic acids is 2. The van der Waals surface area contributed by atoms with Crippen LogP contribution in [0.15, 0.2) is 42.6 Å². The fraction of sp³-hybridized carbons (Fsp3) is 0.423. The summed E-state index contributed by atoms with van der Waals surface area (Å²) in [4.78, 5) is 30.6. The zero-order valence-electron chi connectivity index (χ0n) is 19.8. The molecule has 1 amide bonds. The molecule has 2 N–H and O–H groups in total. The van der Waals surface area contributed by atoms with Gasteiger partial charge in [-0.25, -0.2) is 9.78 Å². The van der Waals surface area contributed by atoms with Crippen molar-refractivity contribution in [1.82, 2.24) is 9.55 Å². The van der Waals surface area contributed by atoms with Gasteiger partial charge in [0.25, 0.3) is 0 Å². The Balaban J connectivity index is 1.72. The number of pyridine rings is 1. The molecule has 0 saturated carbocycles. The van der Waals surface area contributed by atoms with Gasteiger partial charge in [0.15, 0.2) is 5.69 Å². The average molecular weight is 465 g/mol. The number of nitrogens with one attached hydrogen (secondary N) is 2. The van der Waals surface area contributed by atoms with Crippen LogP contribution < -0.4 is 10.6 Å². The number of benzene rings is 1. The van der Waals surface area contributed by atoms with Crippen molar-refractivity contribution in [1.29, 1.82) is 0 Å². The number of esters is 1. The summed E-state index contributed by atoms with van der Waals surface area (Å²) in [7, 11) is 1.35. The first-order valence-corrected chi connectivity index (χ1v) is 11.9. The smallest absolute Gasteiger partial charge is 0.356 e. The molecule has 180 valence electrons. The summed E-state index contributed by atoms with van der Waals surface area (Å²) in [6, 6.07) is 12.2. The fourth-order valence-electron chi connectivity index (χ4n) is 4.30. The van der Waals surface area contributed by atoms with E-state index < -0.39 is 5.97 Å². The van der Waals surface area contributed by atoms with E-state index in [0.29, 0.717) is 48.6 Å². The SMILES string of the molecule is CCCNc1cnc2c(c1)c(NC(=O)[C@H]1CCOC1)c(C(=O)OC)n2CCCc1ccccc1. The molecule has 1 aliphatic rings. The predicted molar refractivity (Wildman–Crippen MR) is 132 cm³/mol. The molecule has 1 aliphatic heterocycles. The Labute approximate surface area is 199 Å². The highest BCUT2D eigenvalue weighted by atomic mass is 16.5. The van der Waals surface area contributed by atoms with E-state index in [9.17, 15) is 9.59 Å². The molecule has 1 saturated heterocycles. The van der Waals surface area contributed by atoms with Gasteiger partial charge in [-0.1, -0.05) is 37.3 Å². The third-order valence-corrected chi connectivity index (χ3v) is 6.09. The molecule has 0 bridgehead atoms. The first-order chi connectivity index (χ1) is 16.6. The Kier molecular flexibility index (Phi) is 7.80. The van der Waals surface area contributed by atoms with Crippen molar-refractivity contribution in [3.8, 4) is 0 Å². The van der Waals surface area contributed by atoms with Crippen LogP contribution in [0.1, 0.15) is 42.2 Å². The number of methoxy groups -OCH3 is 1. The summed E-state index contributed by atoms with van der Waals surface area (Å²) < 4.78 is 12.4. The maximum Gasteiger partial charge on any atom is 0.356 e. The molecule has 34 heavy (non-hydrogen) atoms. The highest BCUT2D eigenvalue weighted by Gasteiger charge is 2.29. The first-order valence-electron chi connectivity index (χ1n) is 11.9. The van der Waals surface area contributed by atoms with Crippen molar-refractivity contribution in [2.24, 2.45) is 5.92 Å². The minimum atomic E-state index is -0.501. The van der Waals surface area contributed by atoms with Crippen LogP contribution in [-0.4, -0.2) is 48.3 Å². The standard InChI is InChI=1S/C26H32N4O4/c1-3-12-27-20-15-21-22(29-25(31)19-11-14-34-17-19)23(26(32)33-2)30(24(21)28-16-20)13-7-10-18-8-5-4-6-9-18/h4-6,8-9,15-16,19,27H,3,7,10-14,17H2,1-2H3,(H,29,31)/t19-/m0/s1.